The maximum Gasteiger partial charge on any atom is 0.401 e. The molecule has 92 valence electrons. The van der Waals surface area contributed by atoms with Gasteiger partial charge in [-0.15, -0.1) is 0 Å². The zero-order valence-corrected chi connectivity index (χ0v) is 9.86. The number of hydrogen-bond acceptors (Lipinski definition) is 2. The molecule has 0 saturated heterocycles. The molecule has 2 unspecified atom stereocenters. The number of alkyl halides is 3. The molecule has 0 rings (SSSR count). The molecule has 15 heavy (non-hydrogen) atoms. The van der Waals surface area contributed by atoms with Crippen molar-refractivity contribution in [3.05, 3.63) is 0 Å². The number of nitrogens with zero attached hydrogens (tertiary/aromatic N) is 1. The van der Waals surface area contributed by atoms with E-state index < -0.39 is 12.7 Å². The molecule has 0 fully saturated rings. The first kappa shape index (κ1) is 14.7. The van der Waals surface area contributed by atoms with E-state index in [1.54, 1.807) is 6.92 Å². The van der Waals surface area contributed by atoms with Gasteiger partial charge in [0.1, 0.15) is 0 Å². The minimum atomic E-state index is -4.11. The molecule has 0 saturated carbocycles. The van der Waals surface area contributed by atoms with Crippen molar-refractivity contribution in [2.45, 2.75) is 45.5 Å². The van der Waals surface area contributed by atoms with Crippen molar-refractivity contribution in [3.8, 4) is 0 Å². The average Bonchev–Trinajstić information content (AvgIpc) is 2.10. The van der Waals surface area contributed by atoms with E-state index in [2.05, 4.69) is 5.32 Å². The van der Waals surface area contributed by atoms with Gasteiger partial charge < -0.3 is 5.32 Å². The van der Waals surface area contributed by atoms with Gasteiger partial charge in [-0.2, -0.15) is 13.2 Å². The highest BCUT2D eigenvalue weighted by Crippen LogP contribution is 2.16. The molecule has 0 radical (unpaired) electrons. The second kappa shape index (κ2) is 6.33. The number of halogens is 3. The van der Waals surface area contributed by atoms with Gasteiger partial charge in [0, 0.05) is 18.6 Å². The normalized spacial score (nSPS) is 16.8. The van der Waals surface area contributed by atoms with E-state index in [0.717, 1.165) is 6.42 Å². The summed E-state index contributed by atoms with van der Waals surface area (Å²) in [6.07, 6.45) is -3.13. The second-order valence-electron chi connectivity index (χ2n) is 4.10. The summed E-state index contributed by atoms with van der Waals surface area (Å²) >= 11 is 0. The summed E-state index contributed by atoms with van der Waals surface area (Å²) in [6, 6.07) is 0.243. The van der Waals surface area contributed by atoms with Crippen LogP contribution < -0.4 is 5.32 Å². The van der Waals surface area contributed by atoms with Crippen molar-refractivity contribution < 1.29 is 13.2 Å². The Morgan fingerprint density at radius 3 is 2.20 bits per heavy atom. The Morgan fingerprint density at radius 2 is 1.80 bits per heavy atom. The maximum atomic E-state index is 12.1. The topological polar surface area (TPSA) is 15.3 Å². The molecule has 0 aliphatic carbocycles. The Hall–Kier alpha value is -0.290. The predicted molar refractivity (Wildman–Crippen MR) is 55.9 cm³/mol. The first-order chi connectivity index (χ1) is 6.76. The van der Waals surface area contributed by atoms with Crippen LogP contribution in [0, 0.1) is 0 Å². The van der Waals surface area contributed by atoms with Crippen LogP contribution in [0.4, 0.5) is 13.2 Å². The van der Waals surface area contributed by atoms with Crippen molar-refractivity contribution in [1.29, 1.82) is 0 Å². The van der Waals surface area contributed by atoms with Gasteiger partial charge in [0.2, 0.25) is 0 Å². The molecule has 5 heteroatoms. The van der Waals surface area contributed by atoms with Crippen molar-refractivity contribution in [2.24, 2.45) is 0 Å². The van der Waals surface area contributed by atoms with Crippen molar-refractivity contribution in [1.82, 2.24) is 10.2 Å². The van der Waals surface area contributed by atoms with Gasteiger partial charge in [0.25, 0.3) is 0 Å². The first-order valence-corrected chi connectivity index (χ1v) is 5.26. The summed E-state index contributed by atoms with van der Waals surface area (Å²) in [7, 11) is 1.50. The molecule has 0 aliphatic rings. The van der Waals surface area contributed by atoms with Gasteiger partial charge in [0.15, 0.2) is 0 Å². The van der Waals surface area contributed by atoms with E-state index in [-0.39, 0.29) is 6.04 Å². The fourth-order valence-electron chi connectivity index (χ4n) is 1.11. The van der Waals surface area contributed by atoms with E-state index in [0.29, 0.717) is 12.6 Å². The van der Waals surface area contributed by atoms with Gasteiger partial charge in [-0.05, 0) is 27.3 Å². The van der Waals surface area contributed by atoms with Crippen LogP contribution in [0.15, 0.2) is 0 Å². The lowest BCUT2D eigenvalue weighted by atomic mass is 10.2. The Kier molecular flexibility index (Phi) is 6.20. The molecule has 0 heterocycles. The Morgan fingerprint density at radius 1 is 1.27 bits per heavy atom. The minimum Gasteiger partial charge on any atom is -0.313 e. The zero-order valence-electron chi connectivity index (χ0n) is 9.86. The molecule has 2 atom stereocenters. The van der Waals surface area contributed by atoms with Gasteiger partial charge in [0.05, 0.1) is 6.54 Å². The van der Waals surface area contributed by atoms with Gasteiger partial charge in [-0.3, -0.25) is 4.90 Å². The summed E-state index contributed by atoms with van der Waals surface area (Å²) in [5, 5.41) is 3.19. The Labute approximate surface area is 89.8 Å². The molecule has 2 nitrogen and oxygen atoms in total. The fraction of sp³-hybridized carbons (Fsp3) is 1.00. The first-order valence-electron chi connectivity index (χ1n) is 5.26. The maximum absolute atomic E-state index is 12.1. The summed E-state index contributed by atoms with van der Waals surface area (Å²) in [4.78, 5) is 1.31. The minimum absolute atomic E-state index is 0.111. The van der Waals surface area contributed by atoms with Crippen LogP contribution in [-0.4, -0.2) is 43.3 Å². The SMILES string of the molecule is CCC(C)NCC(C)N(C)CC(F)(F)F. The number of hydrogen-bond donors (Lipinski definition) is 1. The van der Waals surface area contributed by atoms with E-state index in [1.165, 1.54) is 11.9 Å². The molecule has 0 aromatic heterocycles. The lowest BCUT2D eigenvalue weighted by Crippen LogP contribution is -2.44. The second-order valence-corrected chi connectivity index (χ2v) is 4.10. The quantitative estimate of drug-likeness (QED) is 0.747. The highest BCUT2D eigenvalue weighted by Gasteiger charge is 2.30. The molecule has 0 bridgehead atoms. The molecule has 0 spiro atoms. The van der Waals surface area contributed by atoms with Crippen molar-refractivity contribution >= 4 is 0 Å². The zero-order chi connectivity index (χ0) is 12.1. The Balaban J connectivity index is 3.84. The smallest absolute Gasteiger partial charge is 0.313 e. The van der Waals surface area contributed by atoms with Crippen LogP contribution in [-0.2, 0) is 0 Å². The molecule has 0 aromatic carbocycles. The number of rotatable bonds is 6. The van der Waals surface area contributed by atoms with E-state index in [1.807, 2.05) is 13.8 Å². The van der Waals surface area contributed by atoms with Gasteiger partial charge >= 0.3 is 6.18 Å². The predicted octanol–water partition coefficient (Wildman–Crippen LogP) is 2.26. The third-order valence-electron chi connectivity index (χ3n) is 2.56. The van der Waals surface area contributed by atoms with Crippen LogP contribution in [0.5, 0.6) is 0 Å². The third kappa shape index (κ3) is 7.62. The van der Waals surface area contributed by atoms with Crippen LogP contribution in [0.25, 0.3) is 0 Å². The van der Waals surface area contributed by atoms with Crippen LogP contribution in [0.2, 0.25) is 0 Å². The van der Waals surface area contributed by atoms with E-state index >= 15 is 0 Å². The number of nitrogens with one attached hydrogen (secondary N) is 1. The summed E-state index contributed by atoms with van der Waals surface area (Å²) in [6.45, 7) is 5.59. The summed E-state index contributed by atoms with van der Waals surface area (Å²) < 4.78 is 36.2. The van der Waals surface area contributed by atoms with Crippen LogP contribution >= 0.6 is 0 Å². The summed E-state index contributed by atoms with van der Waals surface area (Å²) in [5.74, 6) is 0. The van der Waals surface area contributed by atoms with E-state index in [4.69, 9.17) is 0 Å². The van der Waals surface area contributed by atoms with Crippen LogP contribution in [0.3, 0.4) is 0 Å². The molecule has 0 aromatic rings. The monoisotopic (exact) mass is 226 g/mol. The van der Waals surface area contributed by atoms with Crippen molar-refractivity contribution in [2.75, 3.05) is 20.1 Å². The lowest BCUT2D eigenvalue weighted by molar-refractivity contribution is -0.146. The molecule has 0 amide bonds. The number of likely N-dealkylation sites (N-methyl/N-ethyl adjacent to an activating group) is 1. The summed E-state index contributed by atoms with van der Waals surface area (Å²) in [5.41, 5.74) is 0. The van der Waals surface area contributed by atoms with Gasteiger partial charge in [-0.25, -0.2) is 0 Å². The Bertz CT molecular complexity index is 171. The van der Waals surface area contributed by atoms with Crippen LogP contribution in [0.1, 0.15) is 27.2 Å². The fourth-order valence-corrected chi connectivity index (χ4v) is 1.11. The lowest BCUT2D eigenvalue weighted by Gasteiger charge is -2.27. The highest BCUT2D eigenvalue weighted by atomic mass is 19.4. The highest BCUT2D eigenvalue weighted by molar-refractivity contribution is 4.71. The largest absolute Gasteiger partial charge is 0.401 e. The molecular weight excluding hydrogens is 205 g/mol. The standard InChI is InChI=1S/C10H21F3N2/c1-5-8(2)14-6-9(3)15(4)7-10(11,12)13/h8-9,14H,5-7H2,1-4H3. The third-order valence-corrected chi connectivity index (χ3v) is 2.56. The molecular formula is C10H21F3N2. The van der Waals surface area contributed by atoms with E-state index in [9.17, 15) is 13.2 Å². The van der Waals surface area contributed by atoms with Gasteiger partial charge in [-0.1, -0.05) is 6.92 Å². The van der Waals surface area contributed by atoms with Crippen molar-refractivity contribution in [3.63, 3.8) is 0 Å². The average molecular weight is 226 g/mol. The molecule has 1 N–H and O–H groups in total. The molecule has 0 aliphatic heterocycles.